The number of carbonyl (C=O) groups is 1. The molecule has 122 valence electrons. The SMILES string of the molecule is CC(C)c1ccc(C(=O)Nc2ccc(Cl)c(C(F)(F)F)c2)cc1. The van der Waals surface area contributed by atoms with E-state index in [-0.39, 0.29) is 5.69 Å². The molecule has 0 fully saturated rings. The van der Waals surface area contributed by atoms with E-state index in [9.17, 15) is 18.0 Å². The largest absolute Gasteiger partial charge is 0.417 e. The molecule has 2 nitrogen and oxygen atoms in total. The average Bonchev–Trinajstić information content (AvgIpc) is 2.48. The lowest BCUT2D eigenvalue weighted by atomic mass is 10.0. The first-order chi connectivity index (χ1) is 10.7. The highest BCUT2D eigenvalue weighted by molar-refractivity contribution is 6.31. The molecule has 0 saturated heterocycles. The minimum atomic E-state index is -4.57. The molecule has 23 heavy (non-hydrogen) atoms. The molecule has 0 atom stereocenters. The minimum absolute atomic E-state index is 0.0414. The van der Waals surface area contributed by atoms with Gasteiger partial charge in [-0.15, -0.1) is 0 Å². The van der Waals surface area contributed by atoms with Crippen LogP contribution in [-0.4, -0.2) is 5.91 Å². The van der Waals surface area contributed by atoms with Crippen LogP contribution in [0.15, 0.2) is 42.5 Å². The molecule has 0 aliphatic heterocycles. The number of rotatable bonds is 3. The molecule has 0 spiro atoms. The smallest absolute Gasteiger partial charge is 0.322 e. The van der Waals surface area contributed by atoms with Crippen LogP contribution in [0.2, 0.25) is 5.02 Å². The van der Waals surface area contributed by atoms with E-state index in [1.165, 1.54) is 6.07 Å². The summed E-state index contributed by atoms with van der Waals surface area (Å²) in [6.07, 6.45) is -4.57. The molecule has 0 aliphatic rings. The number of anilines is 1. The molecular weight excluding hydrogens is 327 g/mol. The Morgan fingerprint density at radius 2 is 1.70 bits per heavy atom. The van der Waals surface area contributed by atoms with Crippen LogP contribution in [0.25, 0.3) is 0 Å². The zero-order valence-corrected chi connectivity index (χ0v) is 13.3. The van der Waals surface area contributed by atoms with Crippen molar-refractivity contribution in [3.8, 4) is 0 Å². The quantitative estimate of drug-likeness (QED) is 0.758. The Morgan fingerprint density at radius 1 is 1.09 bits per heavy atom. The number of carbonyl (C=O) groups excluding carboxylic acids is 1. The van der Waals surface area contributed by atoms with Crippen LogP contribution >= 0.6 is 11.6 Å². The van der Waals surface area contributed by atoms with E-state index in [0.29, 0.717) is 11.5 Å². The third-order valence-electron chi connectivity index (χ3n) is 3.37. The third kappa shape index (κ3) is 4.26. The maximum absolute atomic E-state index is 12.8. The van der Waals surface area contributed by atoms with Crippen molar-refractivity contribution >= 4 is 23.2 Å². The lowest BCUT2D eigenvalue weighted by molar-refractivity contribution is -0.137. The van der Waals surface area contributed by atoms with Gasteiger partial charge in [0.1, 0.15) is 0 Å². The van der Waals surface area contributed by atoms with Crippen LogP contribution < -0.4 is 5.32 Å². The van der Waals surface area contributed by atoms with Crippen molar-refractivity contribution in [1.82, 2.24) is 0 Å². The molecule has 2 aromatic carbocycles. The Kier molecular flexibility index (Phi) is 5.00. The highest BCUT2D eigenvalue weighted by Gasteiger charge is 2.33. The molecule has 0 bridgehead atoms. The first kappa shape index (κ1) is 17.3. The van der Waals surface area contributed by atoms with Crippen molar-refractivity contribution in [1.29, 1.82) is 0 Å². The lowest BCUT2D eigenvalue weighted by Gasteiger charge is -2.12. The fraction of sp³-hybridized carbons (Fsp3) is 0.235. The standard InChI is InChI=1S/C17H15ClF3NO/c1-10(2)11-3-5-12(6-4-11)16(23)22-13-7-8-15(18)14(9-13)17(19,20)21/h3-10H,1-2H3,(H,22,23). The van der Waals surface area contributed by atoms with E-state index in [1.54, 1.807) is 12.1 Å². The summed E-state index contributed by atoms with van der Waals surface area (Å²) < 4.78 is 38.4. The molecule has 0 aromatic heterocycles. The molecule has 1 N–H and O–H groups in total. The second-order valence-electron chi connectivity index (χ2n) is 5.42. The molecule has 0 saturated carbocycles. The molecule has 0 unspecified atom stereocenters. The Morgan fingerprint density at radius 3 is 2.22 bits per heavy atom. The van der Waals surface area contributed by atoms with Crippen molar-refractivity contribution in [2.24, 2.45) is 0 Å². The average molecular weight is 342 g/mol. The maximum atomic E-state index is 12.8. The molecule has 6 heteroatoms. The number of halogens is 4. The van der Waals surface area contributed by atoms with Crippen molar-refractivity contribution in [3.05, 3.63) is 64.2 Å². The van der Waals surface area contributed by atoms with Gasteiger partial charge >= 0.3 is 6.18 Å². The lowest BCUT2D eigenvalue weighted by Crippen LogP contribution is -2.13. The zero-order chi connectivity index (χ0) is 17.2. The molecule has 0 heterocycles. The number of benzene rings is 2. The van der Waals surface area contributed by atoms with Crippen LogP contribution in [0, 0.1) is 0 Å². The first-order valence-electron chi connectivity index (χ1n) is 6.96. The van der Waals surface area contributed by atoms with Gasteiger partial charge in [0.25, 0.3) is 5.91 Å². The first-order valence-corrected chi connectivity index (χ1v) is 7.34. The minimum Gasteiger partial charge on any atom is -0.322 e. The zero-order valence-electron chi connectivity index (χ0n) is 12.5. The van der Waals surface area contributed by atoms with Gasteiger partial charge in [-0.05, 0) is 41.8 Å². The summed E-state index contributed by atoms with van der Waals surface area (Å²) in [5.41, 5.74) is 0.511. The summed E-state index contributed by atoms with van der Waals surface area (Å²) in [6, 6.07) is 10.2. The predicted molar refractivity (Wildman–Crippen MR) is 84.9 cm³/mol. The third-order valence-corrected chi connectivity index (χ3v) is 3.70. The predicted octanol–water partition coefficient (Wildman–Crippen LogP) is 5.73. The summed E-state index contributed by atoms with van der Waals surface area (Å²) >= 11 is 5.55. The summed E-state index contributed by atoms with van der Waals surface area (Å²) in [4.78, 5) is 12.1. The Bertz CT molecular complexity index is 709. The fourth-order valence-corrected chi connectivity index (χ4v) is 2.27. The van der Waals surface area contributed by atoms with Gasteiger partial charge in [0, 0.05) is 11.3 Å². The second kappa shape index (κ2) is 6.62. The van der Waals surface area contributed by atoms with Crippen LogP contribution in [0.1, 0.15) is 41.3 Å². The van der Waals surface area contributed by atoms with E-state index >= 15 is 0 Å². The van der Waals surface area contributed by atoms with E-state index in [4.69, 9.17) is 11.6 Å². The van der Waals surface area contributed by atoms with Gasteiger partial charge in [-0.1, -0.05) is 37.6 Å². The number of hydrogen-bond donors (Lipinski definition) is 1. The molecule has 1 amide bonds. The number of hydrogen-bond acceptors (Lipinski definition) is 1. The van der Waals surface area contributed by atoms with Gasteiger partial charge in [-0.3, -0.25) is 4.79 Å². The number of alkyl halides is 3. The summed E-state index contributed by atoms with van der Waals surface area (Å²) in [7, 11) is 0. The van der Waals surface area contributed by atoms with Crippen molar-refractivity contribution < 1.29 is 18.0 Å². The van der Waals surface area contributed by atoms with E-state index in [2.05, 4.69) is 5.32 Å². The summed E-state index contributed by atoms with van der Waals surface area (Å²) in [5, 5.41) is 2.04. The van der Waals surface area contributed by atoms with Gasteiger partial charge in [0.15, 0.2) is 0 Å². The van der Waals surface area contributed by atoms with Gasteiger partial charge < -0.3 is 5.32 Å². The van der Waals surface area contributed by atoms with Gasteiger partial charge in [-0.2, -0.15) is 13.2 Å². The second-order valence-corrected chi connectivity index (χ2v) is 5.83. The molecule has 2 rings (SSSR count). The summed E-state index contributed by atoms with van der Waals surface area (Å²) in [6.45, 7) is 4.06. The Hall–Kier alpha value is -2.01. The van der Waals surface area contributed by atoms with Gasteiger partial charge in [-0.25, -0.2) is 0 Å². The Balaban J connectivity index is 2.20. The van der Waals surface area contributed by atoms with Crippen LogP contribution in [-0.2, 0) is 6.18 Å². The normalized spacial score (nSPS) is 11.6. The van der Waals surface area contributed by atoms with E-state index in [0.717, 1.165) is 17.7 Å². The monoisotopic (exact) mass is 341 g/mol. The van der Waals surface area contributed by atoms with Crippen LogP contribution in [0.5, 0.6) is 0 Å². The van der Waals surface area contributed by atoms with E-state index in [1.807, 2.05) is 26.0 Å². The van der Waals surface area contributed by atoms with Gasteiger partial charge in [0.2, 0.25) is 0 Å². The number of amides is 1. The highest BCUT2D eigenvalue weighted by Crippen LogP contribution is 2.36. The molecule has 0 radical (unpaired) electrons. The number of nitrogens with one attached hydrogen (secondary N) is 1. The fourth-order valence-electron chi connectivity index (χ4n) is 2.04. The Labute approximate surface area is 137 Å². The molecule has 0 aliphatic carbocycles. The highest BCUT2D eigenvalue weighted by atomic mass is 35.5. The van der Waals surface area contributed by atoms with Crippen molar-refractivity contribution in [2.45, 2.75) is 25.9 Å². The van der Waals surface area contributed by atoms with Gasteiger partial charge in [0.05, 0.1) is 10.6 Å². The topological polar surface area (TPSA) is 29.1 Å². The molecular formula is C17H15ClF3NO. The summed E-state index contributed by atoms with van der Waals surface area (Å²) in [5.74, 6) is -0.145. The van der Waals surface area contributed by atoms with E-state index < -0.39 is 22.7 Å². The van der Waals surface area contributed by atoms with Crippen LogP contribution in [0.3, 0.4) is 0 Å². The maximum Gasteiger partial charge on any atom is 0.417 e. The van der Waals surface area contributed by atoms with Crippen LogP contribution in [0.4, 0.5) is 18.9 Å². The molecule has 2 aromatic rings. The van der Waals surface area contributed by atoms with Crippen molar-refractivity contribution in [3.63, 3.8) is 0 Å². The van der Waals surface area contributed by atoms with Crippen molar-refractivity contribution in [2.75, 3.05) is 5.32 Å².